The van der Waals surface area contributed by atoms with Gasteiger partial charge >= 0.3 is 0 Å². The molecule has 5 aromatic rings. The molecular formula is C34H28N4O5. The van der Waals surface area contributed by atoms with Gasteiger partial charge in [0.25, 0.3) is 0 Å². The van der Waals surface area contributed by atoms with Crippen LogP contribution in [0.4, 0.5) is 0 Å². The Hall–Kier alpha value is -5.12. The lowest BCUT2D eigenvalue weighted by Crippen LogP contribution is -2.17. The van der Waals surface area contributed by atoms with Gasteiger partial charge in [0.05, 0.1) is 0 Å². The summed E-state index contributed by atoms with van der Waals surface area (Å²) in [5.41, 5.74) is 4.54. The molecule has 2 N–H and O–H groups in total. The van der Waals surface area contributed by atoms with E-state index in [-0.39, 0.29) is 13.2 Å². The zero-order valence-electron chi connectivity index (χ0n) is 23.0. The van der Waals surface area contributed by atoms with Crippen molar-refractivity contribution in [2.45, 2.75) is 24.3 Å². The number of hydrogen-bond acceptors (Lipinski definition) is 9. The molecule has 214 valence electrons. The van der Waals surface area contributed by atoms with Crippen LogP contribution in [0, 0.1) is 0 Å². The third-order valence-electron chi connectivity index (χ3n) is 7.50. The second-order valence-electron chi connectivity index (χ2n) is 10.4. The number of hydrogen-bond donors (Lipinski definition) is 2. The number of aliphatic hydroxyl groups is 2. The minimum atomic E-state index is -0.753. The van der Waals surface area contributed by atoms with E-state index in [1.165, 1.54) is 0 Å². The van der Waals surface area contributed by atoms with Crippen LogP contribution in [-0.2, 0) is 9.47 Å². The highest BCUT2D eigenvalue weighted by molar-refractivity contribution is 5.97. The van der Waals surface area contributed by atoms with Gasteiger partial charge in [0.15, 0.2) is 0 Å². The maximum Gasteiger partial charge on any atom is 0.248 e. The summed E-state index contributed by atoms with van der Waals surface area (Å²) in [5, 5.41) is 30.1. The van der Waals surface area contributed by atoms with Crippen molar-refractivity contribution in [3.05, 3.63) is 131 Å². The van der Waals surface area contributed by atoms with Crippen LogP contribution in [0.2, 0.25) is 0 Å². The van der Waals surface area contributed by atoms with Gasteiger partial charge in [-0.15, -0.1) is 10.2 Å². The van der Waals surface area contributed by atoms with Gasteiger partial charge < -0.3 is 24.1 Å². The fourth-order valence-corrected chi connectivity index (χ4v) is 5.19. The van der Waals surface area contributed by atoms with E-state index in [4.69, 9.17) is 13.9 Å². The molecule has 1 aromatic heterocycles. The second kappa shape index (κ2) is 11.6. The van der Waals surface area contributed by atoms with Gasteiger partial charge in [0.1, 0.15) is 37.5 Å². The Labute approximate surface area is 247 Å². The Balaban J connectivity index is 1.08. The van der Waals surface area contributed by atoms with Gasteiger partial charge in [-0.25, -0.2) is 9.98 Å². The highest BCUT2D eigenvalue weighted by atomic mass is 16.5. The Morgan fingerprint density at radius 2 is 0.953 bits per heavy atom. The Bertz CT molecular complexity index is 1660. The lowest BCUT2D eigenvalue weighted by atomic mass is 10.0. The monoisotopic (exact) mass is 572 g/mol. The predicted molar refractivity (Wildman–Crippen MR) is 161 cm³/mol. The van der Waals surface area contributed by atoms with Crippen molar-refractivity contribution < 1.29 is 24.1 Å². The van der Waals surface area contributed by atoms with Crippen molar-refractivity contribution in [2.24, 2.45) is 9.98 Å². The number of benzene rings is 4. The molecule has 4 aromatic carbocycles. The SMILES string of the molecule is O[C@H](c1ccccc1)[C@@H]1COC(c2cccc(-c3nnc(-c4cccc(C5=N[C@H]([C@H](O)c6ccccc6)CO5)c4)o3)c2)=N1. The fraction of sp³-hybridized carbons (Fsp3) is 0.176. The van der Waals surface area contributed by atoms with E-state index >= 15 is 0 Å². The molecule has 0 saturated carbocycles. The molecule has 0 fully saturated rings. The molecular weight excluding hydrogens is 544 g/mol. The Morgan fingerprint density at radius 1 is 0.535 bits per heavy atom. The molecule has 9 nitrogen and oxygen atoms in total. The molecule has 0 radical (unpaired) electrons. The van der Waals surface area contributed by atoms with Crippen LogP contribution in [0.15, 0.2) is 124 Å². The Morgan fingerprint density at radius 3 is 1.40 bits per heavy atom. The van der Waals surface area contributed by atoms with Gasteiger partial charge in [0.2, 0.25) is 23.6 Å². The molecule has 0 saturated heterocycles. The highest BCUT2D eigenvalue weighted by Gasteiger charge is 2.29. The summed E-state index contributed by atoms with van der Waals surface area (Å²) in [6.07, 6.45) is -1.51. The maximum absolute atomic E-state index is 10.8. The first kappa shape index (κ1) is 26.8. The molecule has 0 bridgehead atoms. The van der Waals surface area contributed by atoms with Crippen molar-refractivity contribution in [1.29, 1.82) is 0 Å². The van der Waals surface area contributed by atoms with Gasteiger partial charge in [0, 0.05) is 22.3 Å². The van der Waals surface area contributed by atoms with Crippen LogP contribution in [0.3, 0.4) is 0 Å². The molecule has 3 heterocycles. The summed E-state index contributed by atoms with van der Waals surface area (Å²) in [6, 6.07) is 33.2. The largest absolute Gasteiger partial charge is 0.475 e. The number of aliphatic hydroxyl groups excluding tert-OH is 2. The average molecular weight is 573 g/mol. The van der Waals surface area contributed by atoms with Crippen molar-refractivity contribution in [3.8, 4) is 22.9 Å². The van der Waals surface area contributed by atoms with E-state index in [1.807, 2.05) is 109 Å². The van der Waals surface area contributed by atoms with E-state index in [0.717, 1.165) is 22.3 Å². The topological polar surface area (TPSA) is 123 Å². The van der Waals surface area contributed by atoms with Gasteiger partial charge in [-0.05, 0) is 47.5 Å². The van der Waals surface area contributed by atoms with Crippen LogP contribution in [0.5, 0.6) is 0 Å². The molecule has 4 atom stereocenters. The first-order valence-electron chi connectivity index (χ1n) is 14.0. The molecule has 9 heteroatoms. The zero-order valence-corrected chi connectivity index (χ0v) is 23.0. The molecule has 7 rings (SSSR count). The summed E-state index contributed by atoms with van der Waals surface area (Å²) >= 11 is 0. The standard InChI is InChI=1S/C34H28N4O5/c39-29(21-9-3-1-4-10-21)27-19-41-31(35-27)23-13-7-15-25(17-23)33-37-38-34(43-33)26-16-8-14-24(18-26)32-36-28(20-42-32)30(40)22-11-5-2-6-12-22/h1-18,27-30,39-40H,19-20H2/t27-,28-,29+,30+/m0/s1. The minimum absolute atomic E-state index is 0.289. The third-order valence-corrected chi connectivity index (χ3v) is 7.50. The zero-order chi connectivity index (χ0) is 29.2. The summed E-state index contributed by atoms with van der Waals surface area (Å²) in [6.45, 7) is 0.579. The van der Waals surface area contributed by atoms with E-state index in [2.05, 4.69) is 20.2 Å². The lowest BCUT2D eigenvalue weighted by molar-refractivity contribution is 0.129. The molecule has 43 heavy (non-hydrogen) atoms. The number of rotatable bonds is 8. The number of nitrogens with zero attached hydrogens (tertiary/aromatic N) is 4. The van der Waals surface area contributed by atoms with E-state index in [9.17, 15) is 10.2 Å². The smallest absolute Gasteiger partial charge is 0.248 e. The minimum Gasteiger partial charge on any atom is -0.475 e. The van der Waals surface area contributed by atoms with Crippen molar-refractivity contribution in [1.82, 2.24) is 10.2 Å². The molecule has 0 amide bonds. The van der Waals surface area contributed by atoms with Crippen molar-refractivity contribution in [3.63, 3.8) is 0 Å². The predicted octanol–water partition coefficient (Wildman–Crippen LogP) is 5.16. The first-order valence-corrected chi connectivity index (χ1v) is 14.0. The lowest BCUT2D eigenvalue weighted by Gasteiger charge is -2.13. The molecule has 0 unspecified atom stereocenters. The second-order valence-corrected chi connectivity index (χ2v) is 10.4. The van der Waals surface area contributed by atoms with Crippen molar-refractivity contribution >= 4 is 11.8 Å². The molecule has 0 spiro atoms. The fourth-order valence-electron chi connectivity index (χ4n) is 5.19. The summed E-state index contributed by atoms with van der Waals surface area (Å²) in [4.78, 5) is 9.28. The summed E-state index contributed by atoms with van der Waals surface area (Å²) in [7, 11) is 0. The quantitative estimate of drug-likeness (QED) is 0.263. The van der Waals surface area contributed by atoms with Crippen LogP contribution in [0.25, 0.3) is 22.9 Å². The van der Waals surface area contributed by atoms with Gasteiger partial charge in [-0.3, -0.25) is 0 Å². The number of aliphatic imine (C=N–C) groups is 2. The summed E-state index contributed by atoms with van der Waals surface area (Å²) < 4.78 is 17.8. The van der Waals surface area contributed by atoms with Gasteiger partial charge in [-0.1, -0.05) is 72.8 Å². The van der Waals surface area contributed by atoms with Gasteiger partial charge in [-0.2, -0.15) is 0 Å². The third kappa shape index (κ3) is 5.55. The van der Waals surface area contributed by atoms with E-state index in [0.29, 0.717) is 34.7 Å². The number of aromatic nitrogens is 2. The molecule has 2 aliphatic heterocycles. The van der Waals surface area contributed by atoms with E-state index < -0.39 is 24.3 Å². The normalized spacial score (nSPS) is 19.2. The van der Waals surface area contributed by atoms with Crippen LogP contribution in [0.1, 0.15) is 34.5 Å². The molecule has 0 aliphatic carbocycles. The number of ether oxygens (including phenoxy) is 2. The molecule has 2 aliphatic rings. The van der Waals surface area contributed by atoms with Crippen LogP contribution in [-0.4, -0.2) is 57.5 Å². The Kier molecular flexibility index (Phi) is 7.24. The van der Waals surface area contributed by atoms with Crippen LogP contribution < -0.4 is 0 Å². The van der Waals surface area contributed by atoms with E-state index in [1.54, 1.807) is 0 Å². The van der Waals surface area contributed by atoms with Crippen molar-refractivity contribution in [2.75, 3.05) is 13.2 Å². The maximum atomic E-state index is 10.8. The first-order chi connectivity index (χ1) is 21.1. The summed E-state index contributed by atoms with van der Waals surface area (Å²) in [5.74, 6) is 1.62. The average Bonchev–Trinajstić information content (AvgIpc) is 3.87. The highest BCUT2D eigenvalue weighted by Crippen LogP contribution is 2.29. The van der Waals surface area contributed by atoms with Crippen LogP contribution >= 0.6 is 0 Å².